The second kappa shape index (κ2) is 14.9. The summed E-state index contributed by atoms with van der Waals surface area (Å²) in [5, 5.41) is 5.18. The SMILES string of the molecule is CC1(C)c2ccccc2C2(c3ccccc3-c3cc(N(c4ccccc4)c4cccc5c4sc4ccccc45)ccc32)c2cc(N(c3ccccc3)c3cccc4c3sc3ccccc34)ccc21. The molecule has 4 heteroatoms. The Balaban J connectivity index is 1.03. The molecule has 0 amide bonds. The van der Waals surface area contributed by atoms with Crippen molar-refractivity contribution in [2.75, 3.05) is 9.80 Å². The van der Waals surface area contributed by atoms with E-state index in [-0.39, 0.29) is 5.41 Å². The van der Waals surface area contributed by atoms with Crippen molar-refractivity contribution in [2.45, 2.75) is 24.7 Å². The smallest absolute Gasteiger partial charge is 0.0720 e. The van der Waals surface area contributed by atoms with Gasteiger partial charge < -0.3 is 9.80 Å². The average molecular weight is 905 g/mol. The van der Waals surface area contributed by atoms with Gasteiger partial charge in [-0.2, -0.15) is 0 Å². The number of benzene rings is 10. The molecule has 14 rings (SSSR count). The highest BCUT2D eigenvalue weighted by Gasteiger charge is 2.53. The number of anilines is 6. The Morgan fingerprint density at radius 2 is 0.750 bits per heavy atom. The summed E-state index contributed by atoms with van der Waals surface area (Å²) in [6, 6.07) is 86.3. The van der Waals surface area contributed by atoms with Gasteiger partial charge in [0.2, 0.25) is 0 Å². The van der Waals surface area contributed by atoms with Gasteiger partial charge in [-0.05, 0) is 117 Å². The molecule has 0 saturated heterocycles. The quantitative estimate of drug-likeness (QED) is 0.164. The molecule has 1 unspecified atom stereocenters. The molecule has 0 N–H and O–H groups in total. The third-order valence-electron chi connectivity index (χ3n) is 14.9. The molecule has 2 aromatic heterocycles. The van der Waals surface area contributed by atoms with Crippen LogP contribution in [0.5, 0.6) is 0 Å². The van der Waals surface area contributed by atoms with Crippen LogP contribution in [0, 0.1) is 0 Å². The largest absolute Gasteiger partial charge is 0.309 e. The predicted molar refractivity (Wildman–Crippen MR) is 291 cm³/mol. The van der Waals surface area contributed by atoms with Gasteiger partial charge >= 0.3 is 0 Å². The molecule has 1 spiro atoms. The molecule has 1 atom stereocenters. The minimum absolute atomic E-state index is 0.260. The van der Waals surface area contributed by atoms with E-state index in [0.29, 0.717) is 0 Å². The lowest BCUT2D eigenvalue weighted by atomic mass is 9.55. The molecular weight excluding hydrogens is 861 g/mol. The third kappa shape index (κ3) is 5.50. The van der Waals surface area contributed by atoms with E-state index in [9.17, 15) is 0 Å². The summed E-state index contributed by atoms with van der Waals surface area (Å²) in [6.45, 7) is 4.84. The number of rotatable bonds is 6. The molecular formula is C64H44N2S2. The van der Waals surface area contributed by atoms with Crippen molar-refractivity contribution in [2.24, 2.45) is 0 Å². The van der Waals surface area contributed by atoms with Crippen LogP contribution >= 0.6 is 22.7 Å². The molecule has 68 heavy (non-hydrogen) atoms. The molecule has 0 aliphatic heterocycles. The normalized spacial score (nSPS) is 15.4. The first-order valence-electron chi connectivity index (χ1n) is 23.5. The highest BCUT2D eigenvalue weighted by molar-refractivity contribution is 7.26. The van der Waals surface area contributed by atoms with Crippen molar-refractivity contribution in [1.82, 2.24) is 0 Å². The maximum Gasteiger partial charge on any atom is 0.0720 e. The molecule has 2 aliphatic carbocycles. The van der Waals surface area contributed by atoms with Gasteiger partial charge in [-0.25, -0.2) is 0 Å². The molecule has 322 valence electrons. The van der Waals surface area contributed by atoms with Crippen LogP contribution in [0.3, 0.4) is 0 Å². The van der Waals surface area contributed by atoms with Gasteiger partial charge in [0.15, 0.2) is 0 Å². The number of para-hydroxylation sites is 2. The van der Waals surface area contributed by atoms with Crippen LogP contribution in [0.15, 0.2) is 231 Å². The average Bonchev–Trinajstić information content (AvgIpc) is 4.06. The second-order valence-electron chi connectivity index (χ2n) is 18.8. The van der Waals surface area contributed by atoms with Gasteiger partial charge in [0.25, 0.3) is 0 Å². The fraction of sp³-hybridized carbons (Fsp3) is 0.0625. The van der Waals surface area contributed by atoms with E-state index in [1.165, 1.54) is 96.2 Å². The predicted octanol–water partition coefficient (Wildman–Crippen LogP) is 18.4. The number of fused-ring (bicyclic) bond motifs is 15. The van der Waals surface area contributed by atoms with E-state index in [4.69, 9.17) is 0 Å². The van der Waals surface area contributed by atoms with Crippen molar-refractivity contribution in [3.8, 4) is 11.1 Å². The van der Waals surface area contributed by atoms with Gasteiger partial charge in [-0.3, -0.25) is 0 Å². The molecule has 10 aromatic carbocycles. The lowest BCUT2D eigenvalue weighted by Gasteiger charge is -2.47. The number of hydrogen-bond donors (Lipinski definition) is 0. The van der Waals surface area contributed by atoms with Crippen molar-refractivity contribution in [1.29, 1.82) is 0 Å². The Morgan fingerprint density at radius 1 is 0.309 bits per heavy atom. The van der Waals surface area contributed by atoms with E-state index in [2.05, 4.69) is 254 Å². The van der Waals surface area contributed by atoms with Gasteiger partial charge in [0.05, 0.1) is 26.2 Å². The van der Waals surface area contributed by atoms with Crippen molar-refractivity contribution in [3.05, 3.63) is 264 Å². The van der Waals surface area contributed by atoms with Crippen LogP contribution in [0.25, 0.3) is 51.5 Å². The van der Waals surface area contributed by atoms with Crippen LogP contribution in [0.4, 0.5) is 34.1 Å². The fourth-order valence-corrected chi connectivity index (χ4v) is 14.4. The highest BCUT2D eigenvalue weighted by Crippen LogP contribution is 2.63. The molecule has 12 aromatic rings. The molecule has 0 saturated carbocycles. The fourth-order valence-electron chi connectivity index (χ4n) is 12.0. The summed E-state index contributed by atoms with van der Waals surface area (Å²) in [7, 11) is 0. The van der Waals surface area contributed by atoms with E-state index in [1.807, 2.05) is 22.7 Å². The zero-order valence-corrected chi connectivity index (χ0v) is 39.3. The van der Waals surface area contributed by atoms with Crippen molar-refractivity contribution < 1.29 is 0 Å². The first-order chi connectivity index (χ1) is 33.5. The van der Waals surface area contributed by atoms with E-state index in [0.717, 1.165) is 22.7 Å². The third-order valence-corrected chi connectivity index (χ3v) is 17.3. The van der Waals surface area contributed by atoms with Crippen molar-refractivity contribution >= 4 is 97.1 Å². The standard InChI is InChI=1S/C64H44N2S2/c1-63(2)53-29-13-14-30-55(53)64(56-40-44(36-38-54(56)63)66(42-21-7-4-8-22-42)58-32-18-27-49-47-25-11-16-34-60(47)68-62(49)58)51-28-12-9-23-45(51)50-39-43(35-37-52(50)64)65(41-19-5-3-6-20-41)57-31-17-26-48-46-24-10-15-33-59(46)67-61(48)57/h3-40H,1-2H3. The van der Waals surface area contributed by atoms with Crippen molar-refractivity contribution in [3.63, 3.8) is 0 Å². The van der Waals surface area contributed by atoms with Crippen LogP contribution in [-0.4, -0.2) is 0 Å². The first-order valence-corrected chi connectivity index (χ1v) is 25.1. The van der Waals surface area contributed by atoms with E-state index < -0.39 is 5.41 Å². The van der Waals surface area contributed by atoms with E-state index >= 15 is 0 Å². The summed E-state index contributed by atoms with van der Waals surface area (Å²) in [4.78, 5) is 4.97. The van der Waals surface area contributed by atoms with Crippen LogP contribution in [-0.2, 0) is 10.8 Å². The molecule has 0 radical (unpaired) electrons. The summed E-state index contributed by atoms with van der Waals surface area (Å²) >= 11 is 3.76. The first kappa shape index (κ1) is 39.4. The molecule has 2 nitrogen and oxygen atoms in total. The maximum absolute atomic E-state index is 2.55. The topological polar surface area (TPSA) is 6.48 Å². The van der Waals surface area contributed by atoms with Crippen LogP contribution in [0.1, 0.15) is 47.2 Å². The minimum Gasteiger partial charge on any atom is -0.309 e. The van der Waals surface area contributed by atoms with Gasteiger partial charge in [-0.15, -0.1) is 22.7 Å². The summed E-state index contributed by atoms with van der Waals surface area (Å²) < 4.78 is 5.18. The Kier molecular flexibility index (Phi) is 8.62. The molecule has 2 aliphatic rings. The summed E-state index contributed by atoms with van der Waals surface area (Å²) in [6.07, 6.45) is 0. The Labute approximate surface area is 404 Å². The lowest BCUT2D eigenvalue weighted by molar-refractivity contribution is 0.563. The van der Waals surface area contributed by atoms with Gasteiger partial charge in [0, 0.05) is 59.1 Å². The minimum atomic E-state index is -0.586. The van der Waals surface area contributed by atoms with E-state index in [1.54, 1.807) is 0 Å². The number of nitrogens with zero attached hydrogens (tertiary/aromatic N) is 2. The van der Waals surface area contributed by atoms with Gasteiger partial charge in [0.1, 0.15) is 0 Å². The molecule has 2 heterocycles. The monoisotopic (exact) mass is 904 g/mol. The Hall–Kier alpha value is -7.76. The lowest BCUT2D eigenvalue weighted by Crippen LogP contribution is -2.40. The summed E-state index contributed by atoms with van der Waals surface area (Å²) in [5.74, 6) is 0. The molecule has 0 bridgehead atoms. The van der Waals surface area contributed by atoms with Crippen LogP contribution < -0.4 is 9.80 Å². The number of thiophene rings is 2. The molecule has 0 fully saturated rings. The van der Waals surface area contributed by atoms with Gasteiger partial charge in [-0.1, -0.05) is 172 Å². The van der Waals surface area contributed by atoms with Crippen LogP contribution in [0.2, 0.25) is 0 Å². The second-order valence-corrected chi connectivity index (χ2v) is 20.9. The zero-order chi connectivity index (χ0) is 45.1. The Bertz CT molecular complexity index is 3970. The highest BCUT2D eigenvalue weighted by atomic mass is 32.1. The number of hydrogen-bond acceptors (Lipinski definition) is 4. The summed E-state index contributed by atoms with van der Waals surface area (Å²) in [5.41, 5.74) is 16.6. The Morgan fingerprint density at radius 3 is 1.35 bits per heavy atom. The zero-order valence-electron chi connectivity index (χ0n) is 37.7. The maximum atomic E-state index is 2.55.